The van der Waals surface area contributed by atoms with Gasteiger partial charge in [-0.2, -0.15) is 0 Å². The molecule has 0 aromatic heterocycles. The predicted molar refractivity (Wildman–Crippen MR) is 86.2 cm³/mol. The summed E-state index contributed by atoms with van der Waals surface area (Å²) in [5, 5.41) is 0. The molecule has 0 unspecified atom stereocenters. The number of hydrogen-bond acceptors (Lipinski definition) is 3. The summed E-state index contributed by atoms with van der Waals surface area (Å²) in [6, 6.07) is 19.0. The van der Waals surface area contributed by atoms with Gasteiger partial charge in [0.15, 0.2) is 0 Å². The van der Waals surface area contributed by atoms with E-state index in [1.807, 2.05) is 18.2 Å². The van der Waals surface area contributed by atoms with E-state index in [-0.39, 0.29) is 0 Å². The van der Waals surface area contributed by atoms with E-state index in [1.54, 1.807) is 0 Å². The molecular formula is C18H20N2O. The lowest BCUT2D eigenvalue weighted by atomic mass is 10.00. The number of rotatable bonds is 4. The third-order valence-electron chi connectivity index (χ3n) is 3.56. The summed E-state index contributed by atoms with van der Waals surface area (Å²) in [5.41, 5.74) is 8.99. The lowest BCUT2D eigenvalue weighted by Crippen LogP contribution is -2.10. The zero-order valence-corrected chi connectivity index (χ0v) is 12.5. The van der Waals surface area contributed by atoms with Gasteiger partial charge in [0.1, 0.15) is 6.61 Å². The van der Waals surface area contributed by atoms with Crippen molar-refractivity contribution in [2.75, 3.05) is 20.7 Å². The molecule has 0 radical (unpaired) electrons. The third kappa shape index (κ3) is 3.15. The van der Waals surface area contributed by atoms with Gasteiger partial charge in [-0.15, -0.1) is 0 Å². The minimum atomic E-state index is 0.594. The summed E-state index contributed by atoms with van der Waals surface area (Å²) < 4.78 is 0. The lowest BCUT2D eigenvalue weighted by molar-refractivity contribution is 0.123. The number of hydroxylamine groups is 1. The van der Waals surface area contributed by atoms with E-state index in [0.717, 1.165) is 17.8 Å². The number of hydrogen-bond donors (Lipinski definition) is 1. The first-order chi connectivity index (χ1) is 10.2. The Morgan fingerprint density at radius 3 is 2.33 bits per heavy atom. The van der Waals surface area contributed by atoms with Crippen LogP contribution in [0.1, 0.15) is 16.7 Å². The van der Waals surface area contributed by atoms with Crippen LogP contribution in [0.15, 0.2) is 54.6 Å². The Hall–Kier alpha value is -2.10. The molecule has 0 atom stereocenters. The van der Waals surface area contributed by atoms with E-state index in [4.69, 9.17) is 4.84 Å². The summed E-state index contributed by atoms with van der Waals surface area (Å²) in [4.78, 5) is 7.61. The molecule has 21 heavy (non-hydrogen) atoms. The Morgan fingerprint density at radius 1 is 0.952 bits per heavy atom. The van der Waals surface area contributed by atoms with Crippen molar-refractivity contribution in [2.45, 2.75) is 6.54 Å². The molecule has 108 valence electrons. The van der Waals surface area contributed by atoms with Gasteiger partial charge in [-0.1, -0.05) is 54.6 Å². The maximum absolute atomic E-state index is 5.44. The summed E-state index contributed by atoms with van der Waals surface area (Å²) in [6.07, 6.45) is 0. The number of benzene rings is 2. The van der Waals surface area contributed by atoms with Crippen molar-refractivity contribution in [3.63, 3.8) is 0 Å². The van der Waals surface area contributed by atoms with Crippen LogP contribution >= 0.6 is 0 Å². The van der Waals surface area contributed by atoms with E-state index < -0.39 is 0 Å². The van der Waals surface area contributed by atoms with E-state index in [1.165, 1.54) is 16.7 Å². The zero-order valence-electron chi connectivity index (χ0n) is 12.5. The van der Waals surface area contributed by atoms with E-state index in [0.29, 0.717) is 6.61 Å². The maximum atomic E-state index is 5.44. The fourth-order valence-corrected chi connectivity index (χ4v) is 2.56. The Balaban J connectivity index is 1.91. The number of nitrogens with one attached hydrogen (secondary N) is 1. The van der Waals surface area contributed by atoms with Crippen LogP contribution in [0.3, 0.4) is 0 Å². The molecule has 3 rings (SSSR count). The molecule has 0 fully saturated rings. The van der Waals surface area contributed by atoms with Gasteiger partial charge >= 0.3 is 0 Å². The van der Waals surface area contributed by atoms with Crippen molar-refractivity contribution in [1.82, 2.24) is 10.4 Å². The monoisotopic (exact) mass is 280 g/mol. The molecule has 0 saturated heterocycles. The summed E-state index contributed by atoms with van der Waals surface area (Å²) in [5.74, 6) is 0. The fraction of sp³-hybridized carbons (Fsp3) is 0.222. The second kappa shape index (κ2) is 6.12. The third-order valence-corrected chi connectivity index (χ3v) is 3.56. The molecule has 1 N–H and O–H groups in total. The largest absolute Gasteiger partial charge is 0.305 e. The Labute approximate surface area is 125 Å². The Morgan fingerprint density at radius 2 is 1.67 bits per heavy atom. The summed E-state index contributed by atoms with van der Waals surface area (Å²) in [6.45, 7) is 1.55. The minimum absolute atomic E-state index is 0.594. The van der Waals surface area contributed by atoms with Crippen LogP contribution in [0.4, 0.5) is 0 Å². The minimum Gasteiger partial charge on any atom is -0.305 e. The van der Waals surface area contributed by atoms with Crippen LogP contribution in [0.5, 0.6) is 0 Å². The van der Waals surface area contributed by atoms with Crippen LogP contribution in [0.2, 0.25) is 0 Å². The molecule has 2 aromatic carbocycles. The van der Waals surface area contributed by atoms with Crippen molar-refractivity contribution < 1.29 is 4.84 Å². The SMILES string of the molecule is CN(C)Cc1ccc(C2=C(c3ccccc3)NOC2)cc1. The van der Waals surface area contributed by atoms with Gasteiger partial charge in [-0.05, 0) is 25.2 Å². The molecule has 0 saturated carbocycles. The molecule has 1 heterocycles. The highest BCUT2D eigenvalue weighted by atomic mass is 16.6. The van der Waals surface area contributed by atoms with Crippen molar-refractivity contribution in [3.8, 4) is 0 Å². The number of nitrogens with zero attached hydrogens (tertiary/aromatic N) is 1. The van der Waals surface area contributed by atoms with Crippen LogP contribution in [0, 0.1) is 0 Å². The van der Waals surface area contributed by atoms with Gasteiger partial charge in [0.05, 0.1) is 5.70 Å². The fourth-order valence-electron chi connectivity index (χ4n) is 2.56. The highest BCUT2D eigenvalue weighted by molar-refractivity contribution is 5.91. The van der Waals surface area contributed by atoms with E-state index in [9.17, 15) is 0 Å². The molecule has 0 amide bonds. The van der Waals surface area contributed by atoms with Crippen LogP contribution in [0.25, 0.3) is 11.3 Å². The first-order valence-corrected chi connectivity index (χ1v) is 7.14. The molecule has 3 heteroatoms. The molecule has 2 aromatic rings. The Kier molecular flexibility index (Phi) is 4.04. The highest BCUT2D eigenvalue weighted by Crippen LogP contribution is 2.28. The average molecular weight is 280 g/mol. The van der Waals surface area contributed by atoms with Gasteiger partial charge in [0.25, 0.3) is 0 Å². The average Bonchev–Trinajstić information content (AvgIpc) is 2.98. The van der Waals surface area contributed by atoms with Crippen LogP contribution in [-0.4, -0.2) is 25.6 Å². The van der Waals surface area contributed by atoms with Gasteiger partial charge in [0.2, 0.25) is 0 Å². The zero-order chi connectivity index (χ0) is 14.7. The van der Waals surface area contributed by atoms with Gasteiger partial charge in [-0.3, -0.25) is 10.3 Å². The highest BCUT2D eigenvalue weighted by Gasteiger charge is 2.18. The Bertz CT molecular complexity index is 630. The standard InChI is InChI=1S/C18H20N2O/c1-20(2)12-14-8-10-15(11-9-14)17-13-21-19-18(17)16-6-4-3-5-7-16/h3-11,19H,12-13H2,1-2H3. The molecule has 0 aliphatic carbocycles. The first-order valence-electron chi connectivity index (χ1n) is 7.14. The van der Waals surface area contributed by atoms with Crippen molar-refractivity contribution in [3.05, 3.63) is 71.3 Å². The van der Waals surface area contributed by atoms with Crippen molar-refractivity contribution in [1.29, 1.82) is 0 Å². The summed E-state index contributed by atoms with van der Waals surface area (Å²) in [7, 11) is 4.16. The molecule has 1 aliphatic heterocycles. The molecule has 0 bridgehead atoms. The lowest BCUT2D eigenvalue weighted by Gasteiger charge is -2.11. The smallest absolute Gasteiger partial charge is 0.102 e. The quantitative estimate of drug-likeness (QED) is 0.931. The van der Waals surface area contributed by atoms with Crippen molar-refractivity contribution in [2.24, 2.45) is 0 Å². The summed E-state index contributed by atoms with van der Waals surface area (Å²) >= 11 is 0. The van der Waals surface area contributed by atoms with Gasteiger partial charge in [-0.25, -0.2) is 0 Å². The van der Waals surface area contributed by atoms with Gasteiger partial charge < -0.3 is 4.90 Å². The molecular weight excluding hydrogens is 260 g/mol. The second-order valence-corrected chi connectivity index (χ2v) is 5.55. The van der Waals surface area contributed by atoms with E-state index in [2.05, 4.69) is 60.9 Å². The predicted octanol–water partition coefficient (Wildman–Crippen LogP) is 3.15. The molecule has 3 nitrogen and oxygen atoms in total. The van der Waals surface area contributed by atoms with E-state index >= 15 is 0 Å². The first kappa shape index (κ1) is 13.9. The van der Waals surface area contributed by atoms with Crippen LogP contribution < -0.4 is 5.48 Å². The van der Waals surface area contributed by atoms with Crippen LogP contribution in [-0.2, 0) is 11.4 Å². The van der Waals surface area contributed by atoms with Gasteiger partial charge in [0, 0.05) is 17.7 Å². The molecule has 1 aliphatic rings. The second-order valence-electron chi connectivity index (χ2n) is 5.55. The van der Waals surface area contributed by atoms with Crippen molar-refractivity contribution >= 4 is 11.3 Å². The normalized spacial score (nSPS) is 14.6. The maximum Gasteiger partial charge on any atom is 0.102 e. The molecule has 0 spiro atoms. The topological polar surface area (TPSA) is 24.5 Å².